The van der Waals surface area contributed by atoms with E-state index in [4.69, 9.17) is 0 Å². The highest BCUT2D eigenvalue weighted by Gasteiger charge is 2.27. The highest BCUT2D eigenvalue weighted by atomic mass is 16.2. The number of rotatable bonds is 4. The zero-order valence-electron chi connectivity index (χ0n) is 12.1. The molecule has 0 saturated heterocycles. The molecule has 0 radical (unpaired) electrons. The standard InChI is InChI=1S/C17H25NO/c1-3-16(14-10-6-4-7-11-14)17(19)18(2)15-12-8-5-9-13-15/h4,6-7,10-11,15-16H,3,5,8-9,12-13H2,1-2H3. The molecule has 2 nitrogen and oxygen atoms in total. The molecule has 0 spiro atoms. The van der Waals surface area contributed by atoms with E-state index < -0.39 is 0 Å². The first-order chi connectivity index (χ1) is 9.24. The molecule has 0 N–H and O–H groups in total. The molecular weight excluding hydrogens is 234 g/mol. The molecule has 2 rings (SSSR count). The first-order valence-corrected chi connectivity index (χ1v) is 7.55. The molecule has 2 heteroatoms. The highest BCUT2D eigenvalue weighted by Crippen LogP contribution is 2.27. The van der Waals surface area contributed by atoms with Crippen LogP contribution in [0, 0.1) is 0 Å². The van der Waals surface area contributed by atoms with Crippen molar-refractivity contribution in [2.24, 2.45) is 0 Å². The topological polar surface area (TPSA) is 20.3 Å². The van der Waals surface area contributed by atoms with Gasteiger partial charge in [-0.1, -0.05) is 56.5 Å². The van der Waals surface area contributed by atoms with Gasteiger partial charge in [-0.25, -0.2) is 0 Å². The van der Waals surface area contributed by atoms with Crippen LogP contribution < -0.4 is 0 Å². The summed E-state index contributed by atoms with van der Waals surface area (Å²) in [6.45, 7) is 2.10. The number of hydrogen-bond donors (Lipinski definition) is 0. The van der Waals surface area contributed by atoms with Crippen molar-refractivity contribution in [3.8, 4) is 0 Å². The predicted octanol–water partition coefficient (Wildman–Crippen LogP) is 3.97. The van der Waals surface area contributed by atoms with Gasteiger partial charge in [0.25, 0.3) is 0 Å². The Hall–Kier alpha value is -1.31. The van der Waals surface area contributed by atoms with Crippen molar-refractivity contribution < 1.29 is 4.79 Å². The molecule has 1 aliphatic carbocycles. The third kappa shape index (κ3) is 3.37. The number of likely N-dealkylation sites (N-methyl/N-ethyl adjacent to an activating group) is 1. The van der Waals surface area contributed by atoms with Crippen LogP contribution in [0.15, 0.2) is 30.3 Å². The summed E-state index contributed by atoms with van der Waals surface area (Å²) in [5.74, 6) is 0.314. The van der Waals surface area contributed by atoms with Crippen LogP contribution in [0.4, 0.5) is 0 Å². The van der Waals surface area contributed by atoms with Crippen molar-refractivity contribution >= 4 is 5.91 Å². The SMILES string of the molecule is CCC(C(=O)N(C)C1CCCCC1)c1ccccc1. The number of benzene rings is 1. The van der Waals surface area contributed by atoms with Gasteiger partial charge >= 0.3 is 0 Å². The molecular formula is C17H25NO. The predicted molar refractivity (Wildman–Crippen MR) is 79.1 cm³/mol. The fraction of sp³-hybridized carbons (Fsp3) is 0.588. The summed E-state index contributed by atoms with van der Waals surface area (Å²) in [5, 5.41) is 0. The third-order valence-corrected chi connectivity index (χ3v) is 4.38. The quantitative estimate of drug-likeness (QED) is 0.801. The largest absolute Gasteiger partial charge is 0.342 e. The Bertz CT molecular complexity index is 395. The van der Waals surface area contributed by atoms with Crippen molar-refractivity contribution in [3.05, 3.63) is 35.9 Å². The molecule has 1 atom stereocenters. The Morgan fingerprint density at radius 2 is 1.84 bits per heavy atom. The van der Waals surface area contributed by atoms with Crippen molar-refractivity contribution in [3.63, 3.8) is 0 Å². The number of nitrogens with zero attached hydrogens (tertiary/aromatic N) is 1. The van der Waals surface area contributed by atoms with Gasteiger partial charge in [-0.2, -0.15) is 0 Å². The summed E-state index contributed by atoms with van der Waals surface area (Å²) < 4.78 is 0. The Kier molecular flexibility index (Phi) is 5.00. The van der Waals surface area contributed by atoms with E-state index in [0.717, 1.165) is 12.0 Å². The van der Waals surface area contributed by atoms with Crippen LogP contribution in [0.2, 0.25) is 0 Å². The number of hydrogen-bond acceptors (Lipinski definition) is 1. The van der Waals surface area contributed by atoms with E-state index in [1.54, 1.807) is 0 Å². The molecule has 0 bridgehead atoms. The van der Waals surface area contributed by atoms with Crippen molar-refractivity contribution in [1.29, 1.82) is 0 Å². The van der Waals surface area contributed by atoms with Crippen molar-refractivity contribution in [1.82, 2.24) is 4.90 Å². The Morgan fingerprint density at radius 1 is 1.21 bits per heavy atom. The van der Waals surface area contributed by atoms with Crippen molar-refractivity contribution in [2.45, 2.75) is 57.4 Å². The zero-order valence-corrected chi connectivity index (χ0v) is 12.1. The van der Waals surface area contributed by atoms with E-state index in [2.05, 4.69) is 19.1 Å². The lowest BCUT2D eigenvalue weighted by Crippen LogP contribution is -2.40. The van der Waals surface area contributed by atoms with Crippen LogP contribution in [0.3, 0.4) is 0 Å². The first kappa shape index (κ1) is 14.1. The average molecular weight is 259 g/mol. The molecule has 1 saturated carbocycles. The molecule has 0 heterocycles. The lowest BCUT2D eigenvalue weighted by atomic mass is 9.91. The zero-order chi connectivity index (χ0) is 13.7. The number of carbonyl (C=O) groups excluding carboxylic acids is 1. The smallest absolute Gasteiger partial charge is 0.230 e. The van der Waals surface area contributed by atoms with Crippen LogP contribution in [0.25, 0.3) is 0 Å². The van der Waals surface area contributed by atoms with Gasteiger partial charge in [0.1, 0.15) is 0 Å². The number of carbonyl (C=O) groups is 1. The Balaban J connectivity index is 2.07. The van der Waals surface area contributed by atoms with Gasteiger partial charge in [0, 0.05) is 13.1 Å². The van der Waals surface area contributed by atoms with E-state index in [1.807, 2.05) is 30.1 Å². The van der Waals surface area contributed by atoms with Gasteiger partial charge in [-0.05, 0) is 24.8 Å². The highest BCUT2D eigenvalue weighted by molar-refractivity contribution is 5.83. The fourth-order valence-electron chi connectivity index (χ4n) is 3.13. The Morgan fingerprint density at radius 3 is 2.42 bits per heavy atom. The van der Waals surface area contributed by atoms with Crippen LogP contribution in [-0.2, 0) is 4.79 Å². The molecule has 104 valence electrons. The maximum absolute atomic E-state index is 12.7. The lowest BCUT2D eigenvalue weighted by Gasteiger charge is -2.33. The second-order valence-corrected chi connectivity index (χ2v) is 5.61. The van der Waals surface area contributed by atoms with Gasteiger partial charge in [-0.15, -0.1) is 0 Å². The lowest BCUT2D eigenvalue weighted by molar-refractivity contribution is -0.134. The maximum Gasteiger partial charge on any atom is 0.230 e. The fourth-order valence-corrected chi connectivity index (χ4v) is 3.13. The molecule has 1 unspecified atom stereocenters. The minimum Gasteiger partial charge on any atom is -0.342 e. The molecule has 1 aromatic rings. The first-order valence-electron chi connectivity index (χ1n) is 7.55. The summed E-state index contributed by atoms with van der Waals surface area (Å²) in [6, 6.07) is 10.6. The maximum atomic E-state index is 12.7. The van der Waals surface area contributed by atoms with Crippen LogP contribution in [-0.4, -0.2) is 23.9 Å². The molecule has 1 aliphatic rings. The molecule has 0 aromatic heterocycles. The molecule has 1 fully saturated rings. The van der Waals surface area contributed by atoms with Gasteiger partial charge in [-0.3, -0.25) is 4.79 Å². The van der Waals surface area contributed by atoms with E-state index in [1.165, 1.54) is 32.1 Å². The summed E-state index contributed by atoms with van der Waals surface area (Å²) in [4.78, 5) is 14.7. The number of amides is 1. The molecule has 1 aromatic carbocycles. The summed E-state index contributed by atoms with van der Waals surface area (Å²) in [5.41, 5.74) is 1.15. The van der Waals surface area contributed by atoms with Crippen LogP contribution in [0.1, 0.15) is 56.9 Å². The van der Waals surface area contributed by atoms with E-state index in [9.17, 15) is 4.79 Å². The Labute approximate surface area is 116 Å². The van der Waals surface area contributed by atoms with Gasteiger partial charge in [0.05, 0.1) is 5.92 Å². The van der Waals surface area contributed by atoms with E-state index >= 15 is 0 Å². The van der Waals surface area contributed by atoms with Crippen molar-refractivity contribution in [2.75, 3.05) is 7.05 Å². The van der Waals surface area contributed by atoms with E-state index in [-0.39, 0.29) is 5.92 Å². The minimum absolute atomic E-state index is 0.0214. The minimum atomic E-state index is 0.0214. The van der Waals surface area contributed by atoms with Gasteiger partial charge in [0.2, 0.25) is 5.91 Å². The van der Waals surface area contributed by atoms with E-state index in [0.29, 0.717) is 11.9 Å². The van der Waals surface area contributed by atoms with Crippen LogP contribution in [0.5, 0.6) is 0 Å². The van der Waals surface area contributed by atoms with Crippen LogP contribution >= 0.6 is 0 Å². The summed E-state index contributed by atoms with van der Waals surface area (Å²) >= 11 is 0. The monoisotopic (exact) mass is 259 g/mol. The molecule has 0 aliphatic heterocycles. The molecule has 1 amide bonds. The second-order valence-electron chi connectivity index (χ2n) is 5.61. The third-order valence-electron chi connectivity index (χ3n) is 4.38. The summed E-state index contributed by atoms with van der Waals surface area (Å²) in [6.07, 6.45) is 7.09. The normalized spacial score (nSPS) is 18.0. The van der Waals surface area contributed by atoms with Gasteiger partial charge < -0.3 is 4.90 Å². The second kappa shape index (κ2) is 6.74. The van der Waals surface area contributed by atoms with Gasteiger partial charge in [0.15, 0.2) is 0 Å². The average Bonchev–Trinajstić information content (AvgIpc) is 2.49. The molecule has 19 heavy (non-hydrogen) atoms. The summed E-state index contributed by atoms with van der Waals surface area (Å²) in [7, 11) is 1.99.